The van der Waals surface area contributed by atoms with Crippen molar-refractivity contribution in [3.05, 3.63) is 60.8 Å². The highest BCUT2D eigenvalue weighted by Gasteiger charge is 2.11. The van der Waals surface area contributed by atoms with Gasteiger partial charge in [0.25, 0.3) is 0 Å². The van der Waals surface area contributed by atoms with Crippen molar-refractivity contribution >= 4 is 11.9 Å². The maximum Gasteiger partial charge on any atom is 0.306 e. The predicted octanol–water partition coefficient (Wildman–Crippen LogP) is 11.4. The van der Waals surface area contributed by atoms with Crippen molar-refractivity contribution in [2.45, 2.75) is 161 Å². The second kappa shape index (κ2) is 32.2. The molecule has 0 spiro atoms. The molecule has 4 heteroatoms. The molecule has 0 radical (unpaired) electrons. The number of aliphatic carboxylic acids is 1. The van der Waals surface area contributed by atoms with Crippen LogP contribution in [-0.2, 0) is 14.3 Å². The van der Waals surface area contributed by atoms with Crippen molar-refractivity contribution in [1.82, 2.24) is 0 Å². The lowest BCUT2D eigenvalue weighted by molar-refractivity contribution is -0.147. The van der Waals surface area contributed by atoms with Crippen molar-refractivity contribution < 1.29 is 19.4 Å². The zero-order valence-corrected chi connectivity index (χ0v) is 26.6. The molecule has 1 atom stereocenters. The minimum atomic E-state index is -0.735. The minimum Gasteiger partial charge on any atom is -0.481 e. The van der Waals surface area contributed by atoms with Gasteiger partial charge in [0.15, 0.2) is 0 Å². The number of hydrogen-bond acceptors (Lipinski definition) is 3. The summed E-state index contributed by atoms with van der Waals surface area (Å²) in [6.07, 6.45) is 43.9. The zero-order valence-electron chi connectivity index (χ0n) is 26.6. The Bertz CT molecular complexity index is 744. The van der Waals surface area contributed by atoms with E-state index in [2.05, 4.69) is 68.5 Å². The van der Waals surface area contributed by atoms with E-state index in [9.17, 15) is 9.59 Å². The number of allylic oxidation sites excluding steroid dienone is 9. The van der Waals surface area contributed by atoms with Crippen LogP contribution in [0.15, 0.2) is 60.8 Å². The van der Waals surface area contributed by atoms with E-state index in [1.807, 2.05) is 6.08 Å². The van der Waals surface area contributed by atoms with E-state index in [0.717, 1.165) is 77.0 Å². The van der Waals surface area contributed by atoms with Gasteiger partial charge in [-0.2, -0.15) is 0 Å². The Kier molecular flexibility index (Phi) is 30.3. The molecule has 0 aliphatic rings. The summed E-state index contributed by atoms with van der Waals surface area (Å²) in [7, 11) is 0. The highest BCUT2D eigenvalue weighted by Crippen LogP contribution is 2.14. The number of rotatable bonds is 29. The Labute approximate surface area is 253 Å². The maximum absolute atomic E-state index is 12.5. The van der Waals surface area contributed by atoms with Gasteiger partial charge in [-0.1, -0.05) is 120 Å². The Hall–Kier alpha value is -2.36. The molecule has 0 aliphatic heterocycles. The third-order valence-electron chi connectivity index (χ3n) is 6.96. The molecule has 0 heterocycles. The van der Waals surface area contributed by atoms with Crippen LogP contribution in [-0.4, -0.2) is 23.1 Å². The molecule has 0 bridgehead atoms. The van der Waals surface area contributed by atoms with Crippen LogP contribution in [0.25, 0.3) is 0 Å². The first-order chi connectivity index (χ1) is 20.1. The Morgan fingerprint density at radius 3 is 1.73 bits per heavy atom. The fraction of sp³-hybridized carbons (Fsp3) is 0.676. The van der Waals surface area contributed by atoms with E-state index < -0.39 is 5.97 Å². The van der Waals surface area contributed by atoms with Crippen molar-refractivity contribution in [2.24, 2.45) is 0 Å². The normalized spacial score (nSPS) is 13.0. The molecule has 0 aromatic carbocycles. The number of carboxylic acid groups (broad SMARTS) is 1. The van der Waals surface area contributed by atoms with Crippen LogP contribution in [0.4, 0.5) is 0 Å². The van der Waals surface area contributed by atoms with Gasteiger partial charge in [0, 0.05) is 12.8 Å². The summed E-state index contributed by atoms with van der Waals surface area (Å²) in [6, 6.07) is 0. The van der Waals surface area contributed by atoms with Crippen LogP contribution < -0.4 is 0 Å². The number of esters is 1. The summed E-state index contributed by atoms with van der Waals surface area (Å²) in [4.78, 5) is 23.2. The maximum atomic E-state index is 12.5. The lowest BCUT2D eigenvalue weighted by atomic mass is 10.1. The summed E-state index contributed by atoms with van der Waals surface area (Å²) in [6.45, 7) is 4.38. The van der Waals surface area contributed by atoms with Crippen LogP contribution >= 0.6 is 0 Å². The van der Waals surface area contributed by atoms with E-state index in [-0.39, 0.29) is 18.5 Å². The topological polar surface area (TPSA) is 63.6 Å². The third-order valence-corrected chi connectivity index (χ3v) is 6.96. The molecule has 0 amide bonds. The molecule has 0 saturated carbocycles. The van der Waals surface area contributed by atoms with E-state index >= 15 is 0 Å². The molecule has 0 saturated heterocycles. The van der Waals surface area contributed by atoms with Crippen LogP contribution in [0.3, 0.4) is 0 Å². The number of carboxylic acids is 1. The van der Waals surface area contributed by atoms with E-state index in [0.29, 0.717) is 12.8 Å². The first kappa shape index (κ1) is 38.6. The van der Waals surface area contributed by atoms with Gasteiger partial charge in [-0.25, -0.2) is 0 Å². The molecule has 0 rings (SSSR count). The number of carbonyl (C=O) groups is 2. The van der Waals surface area contributed by atoms with Crippen LogP contribution in [0.5, 0.6) is 0 Å². The minimum absolute atomic E-state index is 0.105. The second-order valence-electron chi connectivity index (χ2n) is 11.0. The average Bonchev–Trinajstić information content (AvgIpc) is 2.95. The van der Waals surface area contributed by atoms with Crippen molar-refractivity contribution in [3.8, 4) is 0 Å². The number of carbonyl (C=O) groups excluding carboxylic acids is 1. The van der Waals surface area contributed by atoms with Gasteiger partial charge < -0.3 is 9.84 Å². The molecule has 1 unspecified atom stereocenters. The molecule has 4 nitrogen and oxygen atoms in total. The van der Waals surface area contributed by atoms with Gasteiger partial charge in [-0.3, -0.25) is 9.59 Å². The molecule has 1 N–H and O–H groups in total. The largest absolute Gasteiger partial charge is 0.481 e. The monoisotopic (exact) mass is 570 g/mol. The SMILES string of the molecule is CC/C=C\C/C=C\C/C=C\C(CCCCCCC(=O)O)OC(=O)CCCCCCC/C=C\C/C=C\CCCCCC. The van der Waals surface area contributed by atoms with Gasteiger partial charge in [0.05, 0.1) is 0 Å². The summed E-state index contributed by atoms with van der Waals surface area (Å²) in [5.41, 5.74) is 0. The Morgan fingerprint density at radius 1 is 0.585 bits per heavy atom. The standard InChI is InChI=1S/C37H62O4/c1-3-5-7-9-11-13-14-15-16-17-18-19-20-22-24-30-34-37(40)41-35(32-28-25-26-29-33-36(38)39)31-27-23-21-12-10-8-6-4-2/h6,8,12-14,16-17,21,27,31,35H,3-5,7,9-11,15,18-20,22-26,28-30,32-34H2,1-2H3,(H,38,39)/b8-6-,14-13-,17-16-,21-12-,31-27-. The van der Waals surface area contributed by atoms with Crippen molar-refractivity contribution in [1.29, 1.82) is 0 Å². The molecule has 41 heavy (non-hydrogen) atoms. The lowest BCUT2D eigenvalue weighted by Gasteiger charge is -2.14. The van der Waals surface area contributed by atoms with E-state index in [1.54, 1.807) is 0 Å². The fourth-order valence-corrected chi connectivity index (χ4v) is 4.50. The van der Waals surface area contributed by atoms with Crippen LogP contribution in [0.2, 0.25) is 0 Å². The molecule has 0 aromatic heterocycles. The van der Waals surface area contributed by atoms with Crippen LogP contribution in [0, 0.1) is 0 Å². The fourth-order valence-electron chi connectivity index (χ4n) is 4.50. The third kappa shape index (κ3) is 32.0. The van der Waals surface area contributed by atoms with Crippen molar-refractivity contribution in [3.63, 3.8) is 0 Å². The molecule has 0 fully saturated rings. The quantitative estimate of drug-likeness (QED) is 0.0552. The van der Waals surface area contributed by atoms with Gasteiger partial charge in [-0.05, 0) is 83.1 Å². The van der Waals surface area contributed by atoms with Crippen molar-refractivity contribution in [2.75, 3.05) is 0 Å². The van der Waals surface area contributed by atoms with Gasteiger partial charge in [0.1, 0.15) is 6.10 Å². The Balaban J connectivity index is 4.11. The second-order valence-corrected chi connectivity index (χ2v) is 11.0. The highest BCUT2D eigenvalue weighted by atomic mass is 16.5. The number of hydrogen-bond donors (Lipinski definition) is 1. The summed E-state index contributed by atoms with van der Waals surface area (Å²) < 4.78 is 5.81. The number of unbranched alkanes of at least 4 members (excludes halogenated alkanes) is 12. The first-order valence-corrected chi connectivity index (χ1v) is 16.8. The molecule has 0 aliphatic carbocycles. The predicted molar refractivity (Wildman–Crippen MR) is 176 cm³/mol. The summed E-state index contributed by atoms with van der Waals surface area (Å²) in [5, 5.41) is 8.79. The van der Waals surface area contributed by atoms with Crippen LogP contribution in [0.1, 0.15) is 155 Å². The highest BCUT2D eigenvalue weighted by molar-refractivity contribution is 5.69. The van der Waals surface area contributed by atoms with Gasteiger partial charge in [0.2, 0.25) is 0 Å². The molecule has 0 aromatic rings. The summed E-state index contributed by atoms with van der Waals surface area (Å²) in [5.74, 6) is -0.839. The zero-order chi connectivity index (χ0) is 30.1. The van der Waals surface area contributed by atoms with E-state index in [1.165, 1.54) is 44.9 Å². The lowest BCUT2D eigenvalue weighted by Crippen LogP contribution is -2.16. The van der Waals surface area contributed by atoms with Gasteiger partial charge in [-0.15, -0.1) is 0 Å². The first-order valence-electron chi connectivity index (χ1n) is 16.8. The Morgan fingerprint density at radius 2 is 1.10 bits per heavy atom. The smallest absolute Gasteiger partial charge is 0.306 e. The van der Waals surface area contributed by atoms with E-state index in [4.69, 9.17) is 9.84 Å². The molecule has 234 valence electrons. The van der Waals surface area contributed by atoms with Gasteiger partial charge >= 0.3 is 11.9 Å². The number of ether oxygens (including phenoxy) is 1. The average molecular weight is 571 g/mol. The molecular weight excluding hydrogens is 508 g/mol. The summed E-state index contributed by atoms with van der Waals surface area (Å²) >= 11 is 0. The molecular formula is C37H62O4.